The minimum absolute atomic E-state index is 0.209. The van der Waals surface area contributed by atoms with Crippen LogP contribution in [0.4, 0.5) is 5.69 Å². The van der Waals surface area contributed by atoms with Crippen molar-refractivity contribution < 1.29 is 4.74 Å². The van der Waals surface area contributed by atoms with Crippen LogP contribution in [0.15, 0.2) is 36.7 Å². The van der Waals surface area contributed by atoms with Crippen LogP contribution in [-0.2, 0) is 6.54 Å². The molecule has 1 aromatic carbocycles. The molecule has 0 bridgehead atoms. The molecule has 0 atom stereocenters. The number of ether oxygens (including phenoxy) is 1. The van der Waals surface area contributed by atoms with Gasteiger partial charge in [0.05, 0.1) is 18.0 Å². The molecule has 108 valence electrons. The maximum Gasteiger partial charge on any atom is 0.119 e. The van der Waals surface area contributed by atoms with Gasteiger partial charge in [0.2, 0.25) is 0 Å². The van der Waals surface area contributed by atoms with Crippen molar-refractivity contribution in [1.29, 1.82) is 0 Å². The normalized spacial score (nSPS) is 11.1. The fourth-order valence-electron chi connectivity index (χ4n) is 1.87. The van der Waals surface area contributed by atoms with Crippen LogP contribution in [0.5, 0.6) is 5.75 Å². The first-order valence-corrected chi connectivity index (χ1v) is 7.08. The maximum atomic E-state index is 5.63. The molecule has 0 aliphatic rings. The number of hydrogen-bond acceptors (Lipinski definition) is 3. The second-order valence-electron chi connectivity index (χ2n) is 5.47. The lowest BCUT2D eigenvalue weighted by Crippen LogP contribution is -2.05. The summed E-state index contributed by atoms with van der Waals surface area (Å²) in [6.07, 6.45) is 4.10. The SMILES string of the molecule is CC(C)Oc1ccc(CNc2cnn(C(C)C)c2)cc1. The fourth-order valence-corrected chi connectivity index (χ4v) is 1.87. The Kier molecular flexibility index (Phi) is 4.66. The van der Waals surface area contributed by atoms with Crippen LogP contribution >= 0.6 is 0 Å². The second kappa shape index (κ2) is 6.46. The third-order valence-corrected chi connectivity index (χ3v) is 2.92. The Morgan fingerprint density at radius 1 is 1.15 bits per heavy atom. The van der Waals surface area contributed by atoms with E-state index in [1.54, 1.807) is 0 Å². The van der Waals surface area contributed by atoms with Crippen molar-refractivity contribution in [3.63, 3.8) is 0 Å². The van der Waals surface area contributed by atoms with E-state index in [0.29, 0.717) is 6.04 Å². The van der Waals surface area contributed by atoms with Crippen molar-refractivity contribution in [2.75, 3.05) is 5.32 Å². The van der Waals surface area contributed by atoms with E-state index in [0.717, 1.165) is 18.0 Å². The van der Waals surface area contributed by atoms with Crippen LogP contribution in [0.2, 0.25) is 0 Å². The van der Waals surface area contributed by atoms with Gasteiger partial charge in [0.15, 0.2) is 0 Å². The van der Waals surface area contributed by atoms with Gasteiger partial charge < -0.3 is 10.1 Å². The second-order valence-corrected chi connectivity index (χ2v) is 5.47. The van der Waals surface area contributed by atoms with E-state index in [-0.39, 0.29) is 6.10 Å². The highest BCUT2D eigenvalue weighted by atomic mass is 16.5. The number of nitrogens with one attached hydrogen (secondary N) is 1. The predicted molar refractivity (Wildman–Crippen MR) is 82.1 cm³/mol. The van der Waals surface area contributed by atoms with Gasteiger partial charge in [-0.2, -0.15) is 5.10 Å². The Balaban J connectivity index is 1.90. The summed E-state index contributed by atoms with van der Waals surface area (Å²) in [6.45, 7) is 9.07. The summed E-state index contributed by atoms with van der Waals surface area (Å²) < 4.78 is 7.57. The van der Waals surface area contributed by atoms with Gasteiger partial charge in [-0.05, 0) is 45.4 Å². The van der Waals surface area contributed by atoms with E-state index < -0.39 is 0 Å². The average molecular weight is 273 g/mol. The average Bonchev–Trinajstić information content (AvgIpc) is 2.86. The first-order chi connectivity index (χ1) is 9.54. The summed E-state index contributed by atoms with van der Waals surface area (Å²) in [5, 5.41) is 7.68. The van der Waals surface area contributed by atoms with Crippen molar-refractivity contribution >= 4 is 5.69 Å². The molecule has 0 unspecified atom stereocenters. The third-order valence-electron chi connectivity index (χ3n) is 2.92. The highest BCUT2D eigenvalue weighted by Crippen LogP contribution is 2.15. The lowest BCUT2D eigenvalue weighted by Gasteiger charge is -2.10. The zero-order valence-electron chi connectivity index (χ0n) is 12.6. The Morgan fingerprint density at radius 3 is 2.40 bits per heavy atom. The summed E-state index contributed by atoms with van der Waals surface area (Å²) in [5.74, 6) is 0.913. The van der Waals surface area contributed by atoms with Crippen molar-refractivity contribution in [2.24, 2.45) is 0 Å². The molecule has 0 saturated carbocycles. The molecule has 2 rings (SSSR count). The Hall–Kier alpha value is -1.97. The highest BCUT2D eigenvalue weighted by molar-refractivity contribution is 5.40. The summed E-state index contributed by atoms with van der Waals surface area (Å²) in [6, 6.07) is 8.57. The number of hydrogen-bond donors (Lipinski definition) is 1. The summed E-state index contributed by atoms with van der Waals surface area (Å²) >= 11 is 0. The largest absolute Gasteiger partial charge is 0.491 e. The van der Waals surface area contributed by atoms with Crippen molar-refractivity contribution in [3.05, 3.63) is 42.2 Å². The van der Waals surface area contributed by atoms with Gasteiger partial charge in [-0.1, -0.05) is 12.1 Å². The summed E-state index contributed by atoms with van der Waals surface area (Å²) in [5.41, 5.74) is 2.26. The number of anilines is 1. The molecule has 0 spiro atoms. The third kappa shape index (κ3) is 4.02. The molecule has 4 heteroatoms. The lowest BCUT2D eigenvalue weighted by molar-refractivity contribution is 0.242. The van der Waals surface area contributed by atoms with Gasteiger partial charge in [0, 0.05) is 18.8 Å². The molecule has 0 aliphatic carbocycles. The number of nitrogens with zero attached hydrogens (tertiary/aromatic N) is 2. The molecular formula is C16H23N3O. The topological polar surface area (TPSA) is 39.1 Å². The molecule has 1 heterocycles. The van der Waals surface area contributed by atoms with Crippen LogP contribution < -0.4 is 10.1 Å². The van der Waals surface area contributed by atoms with Gasteiger partial charge in [0.1, 0.15) is 5.75 Å². The van der Waals surface area contributed by atoms with Crippen LogP contribution in [0, 0.1) is 0 Å². The predicted octanol–water partition coefficient (Wildman–Crippen LogP) is 3.86. The van der Waals surface area contributed by atoms with E-state index in [2.05, 4.69) is 36.4 Å². The zero-order valence-corrected chi connectivity index (χ0v) is 12.6. The van der Waals surface area contributed by atoms with E-state index in [1.165, 1.54) is 5.56 Å². The molecule has 0 radical (unpaired) electrons. The van der Waals surface area contributed by atoms with Crippen LogP contribution in [0.1, 0.15) is 39.3 Å². The molecule has 1 N–H and O–H groups in total. The van der Waals surface area contributed by atoms with Crippen LogP contribution in [0.3, 0.4) is 0 Å². The molecule has 20 heavy (non-hydrogen) atoms. The van der Waals surface area contributed by atoms with Crippen molar-refractivity contribution in [1.82, 2.24) is 9.78 Å². The highest BCUT2D eigenvalue weighted by Gasteiger charge is 2.02. The van der Waals surface area contributed by atoms with Crippen molar-refractivity contribution in [2.45, 2.75) is 46.4 Å². The van der Waals surface area contributed by atoms with Gasteiger partial charge in [-0.15, -0.1) is 0 Å². The quantitative estimate of drug-likeness (QED) is 0.868. The fraction of sp³-hybridized carbons (Fsp3) is 0.438. The molecule has 2 aromatic rings. The summed E-state index contributed by atoms with van der Waals surface area (Å²) in [7, 11) is 0. The molecule has 4 nitrogen and oxygen atoms in total. The smallest absolute Gasteiger partial charge is 0.119 e. The number of benzene rings is 1. The van der Waals surface area contributed by atoms with Crippen LogP contribution in [0.25, 0.3) is 0 Å². The number of aromatic nitrogens is 2. The van der Waals surface area contributed by atoms with E-state index in [9.17, 15) is 0 Å². The minimum atomic E-state index is 0.209. The van der Waals surface area contributed by atoms with E-state index in [1.807, 2.05) is 43.1 Å². The zero-order chi connectivity index (χ0) is 14.5. The van der Waals surface area contributed by atoms with E-state index in [4.69, 9.17) is 4.74 Å². The van der Waals surface area contributed by atoms with Gasteiger partial charge in [-0.3, -0.25) is 4.68 Å². The maximum absolute atomic E-state index is 5.63. The lowest BCUT2D eigenvalue weighted by atomic mass is 10.2. The molecule has 0 amide bonds. The standard InChI is InChI=1S/C16H23N3O/c1-12(2)19-11-15(10-18-19)17-9-14-5-7-16(8-6-14)20-13(3)4/h5-8,10-13,17H,9H2,1-4H3. The van der Waals surface area contributed by atoms with Gasteiger partial charge in [-0.25, -0.2) is 0 Å². The molecule has 1 aromatic heterocycles. The van der Waals surface area contributed by atoms with Gasteiger partial charge in [0.25, 0.3) is 0 Å². The monoisotopic (exact) mass is 273 g/mol. The number of rotatable bonds is 6. The first-order valence-electron chi connectivity index (χ1n) is 7.08. The van der Waals surface area contributed by atoms with Crippen LogP contribution in [-0.4, -0.2) is 15.9 Å². The minimum Gasteiger partial charge on any atom is -0.491 e. The summed E-state index contributed by atoms with van der Waals surface area (Å²) in [4.78, 5) is 0. The Morgan fingerprint density at radius 2 is 1.85 bits per heavy atom. The van der Waals surface area contributed by atoms with E-state index >= 15 is 0 Å². The Labute approximate surface area is 120 Å². The molecule has 0 fully saturated rings. The molecular weight excluding hydrogens is 250 g/mol. The van der Waals surface area contributed by atoms with Gasteiger partial charge >= 0.3 is 0 Å². The molecule has 0 aliphatic heterocycles. The van der Waals surface area contributed by atoms with Crippen molar-refractivity contribution in [3.8, 4) is 5.75 Å². The molecule has 0 saturated heterocycles. The first kappa shape index (κ1) is 14.4. The Bertz CT molecular complexity index is 529.